The summed E-state index contributed by atoms with van der Waals surface area (Å²) in [5.41, 5.74) is -5.80. The molecular weight excluding hydrogens is 282 g/mol. The number of anilines is 1. The zero-order valence-corrected chi connectivity index (χ0v) is 9.19. The summed E-state index contributed by atoms with van der Waals surface area (Å²) in [6, 6.07) is -0.0599. The van der Waals surface area contributed by atoms with Crippen LogP contribution in [-0.2, 0) is 12.4 Å². The molecule has 0 atom stereocenters. The summed E-state index contributed by atoms with van der Waals surface area (Å²) in [5, 5.41) is 12.6. The number of hydrogen-bond acceptors (Lipinski definition) is 3. The molecular formula is C9H6F6N2O2. The molecule has 0 heterocycles. The van der Waals surface area contributed by atoms with Crippen molar-refractivity contribution >= 4 is 11.4 Å². The number of hydrogen-bond donors (Lipinski definition) is 1. The second-order valence-electron chi connectivity index (χ2n) is 3.42. The summed E-state index contributed by atoms with van der Waals surface area (Å²) in [6.07, 6.45) is -10.6. The Labute approximate surface area is 102 Å². The smallest absolute Gasteiger partial charge is 0.383 e. The molecule has 0 aliphatic heterocycles. The fraction of sp³-hybridized carbons (Fsp3) is 0.333. The lowest BCUT2D eigenvalue weighted by Crippen LogP contribution is -2.17. The van der Waals surface area contributed by atoms with Crippen molar-refractivity contribution in [2.75, 3.05) is 12.4 Å². The highest BCUT2D eigenvalue weighted by Gasteiger charge is 2.45. The van der Waals surface area contributed by atoms with Gasteiger partial charge in [-0.3, -0.25) is 10.1 Å². The van der Waals surface area contributed by atoms with Crippen LogP contribution < -0.4 is 5.32 Å². The maximum absolute atomic E-state index is 12.5. The highest BCUT2D eigenvalue weighted by Crippen LogP contribution is 2.44. The van der Waals surface area contributed by atoms with E-state index in [2.05, 4.69) is 5.32 Å². The maximum Gasteiger partial charge on any atom is 0.417 e. The van der Waals surface area contributed by atoms with E-state index in [0.717, 1.165) is 7.05 Å². The molecule has 0 bridgehead atoms. The van der Waals surface area contributed by atoms with Gasteiger partial charge in [0.2, 0.25) is 0 Å². The molecule has 1 aromatic rings. The fourth-order valence-electron chi connectivity index (χ4n) is 1.41. The monoisotopic (exact) mass is 288 g/mol. The molecule has 0 spiro atoms. The Morgan fingerprint density at radius 3 is 1.79 bits per heavy atom. The number of benzene rings is 1. The molecule has 4 nitrogen and oxygen atoms in total. The third-order valence-electron chi connectivity index (χ3n) is 2.21. The Kier molecular flexibility index (Phi) is 3.64. The van der Waals surface area contributed by atoms with E-state index < -0.39 is 39.8 Å². The van der Waals surface area contributed by atoms with E-state index in [1.54, 1.807) is 0 Å². The Balaban J connectivity index is 3.68. The first kappa shape index (κ1) is 15.1. The highest BCUT2D eigenvalue weighted by molar-refractivity contribution is 5.65. The van der Waals surface area contributed by atoms with Crippen LogP contribution in [0, 0.1) is 10.1 Å². The molecule has 0 radical (unpaired) electrons. The predicted octanol–water partition coefficient (Wildman–Crippen LogP) is 3.67. The summed E-state index contributed by atoms with van der Waals surface area (Å²) in [4.78, 5) is 9.34. The van der Waals surface area contributed by atoms with E-state index in [1.807, 2.05) is 0 Å². The minimum absolute atomic E-state index is 0.0704. The number of nitro benzene ring substituents is 1. The summed E-state index contributed by atoms with van der Waals surface area (Å²) in [6.45, 7) is 0. The molecule has 1 N–H and O–H groups in total. The SMILES string of the molecule is CNc1cc(C(F)(F)F)c(C(F)(F)F)cc1[N+](=O)[O-]. The van der Waals surface area contributed by atoms with Crippen molar-refractivity contribution in [1.29, 1.82) is 0 Å². The van der Waals surface area contributed by atoms with Crippen LogP contribution in [0.4, 0.5) is 37.7 Å². The van der Waals surface area contributed by atoms with Crippen molar-refractivity contribution in [1.82, 2.24) is 0 Å². The number of halogens is 6. The van der Waals surface area contributed by atoms with Gasteiger partial charge in [0, 0.05) is 13.1 Å². The molecule has 10 heteroatoms. The lowest BCUT2D eigenvalue weighted by atomic mass is 10.0. The highest BCUT2D eigenvalue weighted by atomic mass is 19.4. The van der Waals surface area contributed by atoms with Gasteiger partial charge in [-0.15, -0.1) is 0 Å². The lowest BCUT2D eigenvalue weighted by molar-refractivity contribution is -0.384. The quantitative estimate of drug-likeness (QED) is 0.513. The zero-order valence-electron chi connectivity index (χ0n) is 9.19. The molecule has 0 aromatic heterocycles. The second-order valence-corrected chi connectivity index (χ2v) is 3.42. The predicted molar refractivity (Wildman–Crippen MR) is 52.6 cm³/mol. The van der Waals surface area contributed by atoms with Gasteiger partial charge in [-0.1, -0.05) is 0 Å². The van der Waals surface area contributed by atoms with E-state index in [0.29, 0.717) is 0 Å². The Bertz CT molecular complexity index is 509. The molecule has 0 unspecified atom stereocenters. The molecule has 0 saturated heterocycles. The number of nitrogens with zero attached hydrogens (tertiary/aromatic N) is 1. The van der Waals surface area contributed by atoms with Crippen LogP contribution in [-0.4, -0.2) is 12.0 Å². The topological polar surface area (TPSA) is 55.2 Å². The molecule has 0 aliphatic rings. The Hall–Kier alpha value is -2.00. The standard InChI is InChI=1S/C9H6F6N2O2/c1-16-6-2-4(8(10,11)12)5(9(13,14)15)3-7(6)17(18)19/h2-3,16H,1H3. The molecule has 19 heavy (non-hydrogen) atoms. The van der Waals surface area contributed by atoms with Gasteiger partial charge in [-0.2, -0.15) is 26.3 Å². The van der Waals surface area contributed by atoms with Crippen molar-refractivity contribution in [2.45, 2.75) is 12.4 Å². The minimum Gasteiger partial charge on any atom is -0.383 e. The van der Waals surface area contributed by atoms with E-state index in [1.165, 1.54) is 0 Å². The second kappa shape index (κ2) is 4.59. The van der Waals surface area contributed by atoms with Gasteiger partial charge >= 0.3 is 12.4 Å². The number of nitro groups is 1. The van der Waals surface area contributed by atoms with E-state index in [4.69, 9.17) is 0 Å². The van der Waals surface area contributed by atoms with Crippen molar-refractivity contribution < 1.29 is 31.3 Å². The lowest BCUT2D eigenvalue weighted by Gasteiger charge is -2.16. The van der Waals surface area contributed by atoms with Crippen LogP contribution in [0.1, 0.15) is 11.1 Å². The van der Waals surface area contributed by atoms with Crippen LogP contribution >= 0.6 is 0 Å². The van der Waals surface area contributed by atoms with Crippen molar-refractivity contribution in [2.24, 2.45) is 0 Å². The maximum atomic E-state index is 12.5. The molecule has 106 valence electrons. The molecule has 0 fully saturated rings. The summed E-state index contributed by atoms with van der Waals surface area (Å²) in [7, 11) is 1.07. The van der Waals surface area contributed by atoms with Crippen molar-refractivity contribution in [3.8, 4) is 0 Å². The van der Waals surface area contributed by atoms with E-state index in [9.17, 15) is 36.5 Å². The zero-order chi connectivity index (χ0) is 15.0. The van der Waals surface area contributed by atoms with Gasteiger partial charge in [0.1, 0.15) is 5.69 Å². The largest absolute Gasteiger partial charge is 0.417 e. The summed E-state index contributed by atoms with van der Waals surface area (Å²) < 4.78 is 75.1. The number of alkyl halides is 6. The van der Waals surface area contributed by atoms with Crippen LogP contribution in [0.2, 0.25) is 0 Å². The summed E-state index contributed by atoms with van der Waals surface area (Å²) in [5.74, 6) is 0. The Morgan fingerprint density at radius 1 is 1.05 bits per heavy atom. The third-order valence-corrected chi connectivity index (χ3v) is 2.21. The van der Waals surface area contributed by atoms with Crippen molar-refractivity contribution in [3.63, 3.8) is 0 Å². The normalized spacial score (nSPS) is 12.4. The van der Waals surface area contributed by atoms with Gasteiger partial charge in [-0.05, 0) is 6.07 Å². The van der Waals surface area contributed by atoms with Gasteiger partial charge in [-0.25, -0.2) is 0 Å². The Morgan fingerprint density at radius 2 is 1.47 bits per heavy atom. The molecule has 1 rings (SSSR count). The first-order valence-corrected chi connectivity index (χ1v) is 4.63. The molecule has 0 saturated carbocycles. The van der Waals surface area contributed by atoms with Gasteiger partial charge in [0.25, 0.3) is 5.69 Å². The van der Waals surface area contributed by atoms with Crippen LogP contribution in [0.25, 0.3) is 0 Å². The summed E-state index contributed by atoms with van der Waals surface area (Å²) >= 11 is 0. The number of nitrogens with one attached hydrogen (secondary N) is 1. The third kappa shape index (κ3) is 3.06. The average molecular weight is 288 g/mol. The van der Waals surface area contributed by atoms with E-state index >= 15 is 0 Å². The first-order chi connectivity index (χ1) is 8.48. The fourth-order valence-corrected chi connectivity index (χ4v) is 1.41. The van der Waals surface area contributed by atoms with E-state index in [-0.39, 0.29) is 12.1 Å². The van der Waals surface area contributed by atoms with Gasteiger partial charge in [0.15, 0.2) is 0 Å². The molecule has 0 aliphatic carbocycles. The van der Waals surface area contributed by atoms with Crippen LogP contribution in [0.15, 0.2) is 12.1 Å². The van der Waals surface area contributed by atoms with Gasteiger partial charge in [0.05, 0.1) is 16.1 Å². The van der Waals surface area contributed by atoms with Crippen molar-refractivity contribution in [3.05, 3.63) is 33.4 Å². The average Bonchev–Trinajstić information content (AvgIpc) is 2.24. The molecule has 0 amide bonds. The minimum atomic E-state index is -5.35. The first-order valence-electron chi connectivity index (χ1n) is 4.63. The van der Waals surface area contributed by atoms with Gasteiger partial charge < -0.3 is 5.32 Å². The molecule has 1 aromatic carbocycles. The van der Waals surface area contributed by atoms with Crippen LogP contribution in [0.5, 0.6) is 0 Å². The van der Waals surface area contributed by atoms with Crippen LogP contribution in [0.3, 0.4) is 0 Å². The number of rotatable bonds is 2.